The largest absolute Gasteiger partial charge is 0.267 e. The monoisotopic (exact) mass is 331 g/mol. The van der Waals surface area contributed by atoms with E-state index >= 15 is 0 Å². The summed E-state index contributed by atoms with van der Waals surface area (Å²) in [5.74, 6) is 0. The summed E-state index contributed by atoms with van der Waals surface area (Å²) in [6.45, 7) is 10.5. The highest BCUT2D eigenvalue weighted by Gasteiger charge is 2.24. The normalized spacial score (nSPS) is 12.2. The first-order valence-corrected chi connectivity index (χ1v) is 9.30. The highest BCUT2D eigenvalue weighted by molar-refractivity contribution is 7.92. The zero-order valence-electron chi connectivity index (χ0n) is 14.5. The molecule has 0 N–H and O–H groups in total. The molecule has 0 radical (unpaired) electrons. The molecule has 0 aliphatic heterocycles. The van der Waals surface area contributed by atoms with E-state index in [1.54, 1.807) is 12.1 Å². The molecule has 0 aliphatic carbocycles. The Morgan fingerprint density at radius 1 is 1.00 bits per heavy atom. The highest BCUT2D eigenvalue weighted by Crippen LogP contribution is 2.27. The third-order valence-electron chi connectivity index (χ3n) is 3.89. The van der Waals surface area contributed by atoms with E-state index in [4.69, 9.17) is 0 Å². The number of nitrogens with zero attached hydrogens (tertiary/aromatic N) is 1. The third-order valence-corrected chi connectivity index (χ3v) is 5.80. The average molecular weight is 331 g/mol. The number of benzene rings is 2. The van der Waals surface area contributed by atoms with Crippen molar-refractivity contribution >= 4 is 15.7 Å². The summed E-state index contributed by atoms with van der Waals surface area (Å²) in [6, 6.07) is 14.8. The molecule has 124 valence electrons. The minimum absolute atomic E-state index is 0.00325. The fourth-order valence-corrected chi connectivity index (χ4v) is 3.99. The molecule has 0 heterocycles. The molecule has 4 heteroatoms. The number of hydrogen-bond acceptors (Lipinski definition) is 2. The van der Waals surface area contributed by atoms with Crippen LogP contribution in [-0.2, 0) is 15.4 Å². The van der Waals surface area contributed by atoms with E-state index in [2.05, 4.69) is 20.8 Å². The lowest BCUT2D eigenvalue weighted by atomic mass is 9.87. The number of sulfonamides is 1. The molecule has 2 aromatic carbocycles. The van der Waals surface area contributed by atoms with Crippen LogP contribution in [0.3, 0.4) is 0 Å². The molecule has 0 unspecified atom stereocenters. The lowest BCUT2D eigenvalue weighted by molar-refractivity contribution is 0.585. The maximum atomic E-state index is 13.0. The Hall–Kier alpha value is -1.81. The third kappa shape index (κ3) is 3.75. The summed E-state index contributed by atoms with van der Waals surface area (Å²) in [5, 5.41) is 0. The van der Waals surface area contributed by atoms with Crippen molar-refractivity contribution in [1.82, 2.24) is 0 Å². The molecule has 0 saturated heterocycles. The Bertz CT molecular complexity index is 772. The van der Waals surface area contributed by atoms with Crippen LogP contribution in [0.1, 0.15) is 38.8 Å². The van der Waals surface area contributed by atoms with Crippen molar-refractivity contribution in [3.8, 4) is 0 Å². The molecule has 0 fully saturated rings. The van der Waals surface area contributed by atoms with Crippen molar-refractivity contribution in [2.45, 2.75) is 44.9 Å². The van der Waals surface area contributed by atoms with E-state index in [1.807, 2.05) is 50.2 Å². The van der Waals surface area contributed by atoms with Gasteiger partial charge in [0.05, 0.1) is 10.6 Å². The van der Waals surface area contributed by atoms with Gasteiger partial charge < -0.3 is 0 Å². The van der Waals surface area contributed by atoms with Gasteiger partial charge in [0.1, 0.15) is 0 Å². The number of aryl methyl sites for hydroxylation is 1. The summed E-state index contributed by atoms with van der Waals surface area (Å²) in [6.07, 6.45) is 0. The number of rotatable bonds is 4. The van der Waals surface area contributed by atoms with Crippen molar-refractivity contribution in [2.75, 3.05) is 10.8 Å². The molecule has 0 bridgehead atoms. The highest BCUT2D eigenvalue weighted by atomic mass is 32.2. The van der Waals surface area contributed by atoms with Crippen LogP contribution < -0.4 is 4.31 Å². The van der Waals surface area contributed by atoms with Crippen LogP contribution in [0, 0.1) is 6.92 Å². The van der Waals surface area contributed by atoms with Gasteiger partial charge in [0.25, 0.3) is 10.0 Å². The van der Waals surface area contributed by atoms with Gasteiger partial charge >= 0.3 is 0 Å². The lowest BCUT2D eigenvalue weighted by Crippen LogP contribution is -2.30. The van der Waals surface area contributed by atoms with Gasteiger partial charge in [-0.15, -0.1) is 0 Å². The Kier molecular flexibility index (Phi) is 4.85. The first-order valence-electron chi connectivity index (χ1n) is 7.86. The Labute approximate surface area is 140 Å². The standard InChI is InChI=1S/C19H25NO2S/c1-6-20(17-9-7-8-15(2)14-17)23(21,22)18-12-10-16(11-13-18)19(3,4)5/h7-14H,6H2,1-5H3. The fraction of sp³-hybridized carbons (Fsp3) is 0.368. The van der Waals surface area contributed by atoms with Gasteiger partial charge in [-0.25, -0.2) is 8.42 Å². The summed E-state index contributed by atoms with van der Waals surface area (Å²) in [4.78, 5) is 0.328. The van der Waals surface area contributed by atoms with Crippen molar-refractivity contribution in [3.05, 3.63) is 59.7 Å². The van der Waals surface area contributed by atoms with Crippen molar-refractivity contribution in [3.63, 3.8) is 0 Å². The maximum absolute atomic E-state index is 13.0. The Morgan fingerprint density at radius 3 is 2.09 bits per heavy atom. The van der Waals surface area contributed by atoms with Crippen molar-refractivity contribution < 1.29 is 8.42 Å². The van der Waals surface area contributed by atoms with Crippen LogP contribution in [0.15, 0.2) is 53.4 Å². The first kappa shape index (κ1) is 17.5. The van der Waals surface area contributed by atoms with Gasteiger partial charge in [0.15, 0.2) is 0 Å². The van der Waals surface area contributed by atoms with Crippen LogP contribution in [0.25, 0.3) is 0 Å². The van der Waals surface area contributed by atoms with Crippen LogP contribution in [0.2, 0.25) is 0 Å². The summed E-state index contributed by atoms with van der Waals surface area (Å²) < 4.78 is 27.4. The van der Waals surface area contributed by atoms with Gasteiger partial charge in [-0.2, -0.15) is 0 Å². The number of anilines is 1. The molecule has 0 aromatic heterocycles. The van der Waals surface area contributed by atoms with E-state index in [-0.39, 0.29) is 5.41 Å². The molecule has 2 aromatic rings. The van der Waals surface area contributed by atoms with Crippen LogP contribution in [0.4, 0.5) is 5.69 Å². The predicted molar refractivity (Wildman–Crippen MR) is 96.5 cm³/mol. The molecule has 0 aliphatic rings. The molecule has 3 nitrogen and oxygen atoms in total. The molecule has 0 saturated carbocycles. The quantitative estimate of drug-likeness (QED) is 0.827. The van der Waals surface area contributed by atoms with E-state index in [1.165, 1.54) is 4.31 Å². The summed E-state index contributed by atoms with van der Waals surface area (Å²) in [7, 11) is -3.55. The summed E-state index contributed by atoms with van der Waals surface area (Å²) in [5.41, 5.74) is 2.87. The molecule has 2 rings (SSSR count). The minimum atomic E-state index is -3.55. The molecular formula is C19H25NO2S. The summed E-state index contributed by atoms with van der Waals surface area (Å²) >= 11 is 0. The predicted octanol–water partition coefficient (Wildman–Crippen LogP) is 4.51. The van der Waals surface area contributed by atoms with Crippen LogP contribution in [-0.4, -0.2) is 15.0 Å². The zero-order valence-corrected chi connectivity index (χ0v) is 15.3. The van der Waals surface area contributed by atoms with Crippen molar-refractivity contribution in [1.29, 1.82) is 0 Å². The van der Waals surface area contributed by atoms with E-state index in [9.17, 15) is 8.42 Å². The lowest BCUT2D eigenvalue weighted by Gasteiger charge is -2.24. The second-order valence-electron chi connectivity index (χ2n) is 6.78. The molecule has 0 amide bonds. The number of hydrogen-bond donors (Lipinski definition) is 0. The van der Waals surface area contributed by atoms with E-state index < -0.39 is 10.0 Å². The maximum Gasteiger partial charge on any atom is 0.264 e. The minimum Gasteiger partial charge on any atom is -0.267 e. The first-order chi connectivity index (χ1) is 10.7. The smallest absolute Gasteiger partial charge is 0.264 e. The van der Waals surface area contributed by atoms with Gasteiger partial charge in [0, 0.05) is 6.54 Å². The zero-order chi connectivity index (χ0) is 17.3. The SMILES string of the molecule is CCN(c1cccc(C)c1)S(=O)(=O)c1ccc(C(C)(C)C)cc1. The average Bonchev–Trinajstić information content (AvgIpc) is 2.47. The van der Waals surface area contributed by atoms with Gasteiger partial charge in [-0.3, -0.25) is 4.31 Å². The fourth-order valence-electron chi connectivity index (χ4n) is 2.53. The van der Waals surface area contributed by atoms with Gasteiger partial charge in [0.2, 0.25) is 0 Å². The van der Waals surface area contributed by atoms with E-state index in [0.717, 1.165) is 11.1 Å². The van der Waals surface area contributed by atoms with Crippen molar-refractivity contribution in [2.24, 2.45) is 0 Å². The second kappa shape index (κ2) is 6.36. The molecule has 0 atom stereocenters. The van der Waals surface area contributed by atoms with Crippen LogP contribution in [0.5, 0.6) is 0 Å². The molecule has 23 heavy (non-hydrogen) atoms. The Morgan fingerprint density at radius 2 is 1.61 bits per heavy atom. The van der Waals surface area contributed by atoms with Crippen LogP contribution >= 0.6 is 0 Å². The van der Waals surface area contributed by atoms with E-state index in [0.29, 0.717) is 17.1 Å². The Balaban J connectivity index is 2.43. The van der Waals surface area contributed by atoms with Gasteiger partial charge in [-0.05, 0) is 54.7 Å². The molecule has 0 spiro atoms. The van der Waals surface area contributed by atoms with Gasteiger partial charge in [-0.1, -0.05) is 45.0 Å². The topological polar surface area (TPSA) is 37.4 Å². The molecular weight excluding hydrogens is 306 g/mol. The second-order valence-corrected chi connectivity index (χ2v) is 8.65.